The highest BCUT2D eigenvalue weighted by Crippen LogP contribution is 2.30. The molecule has 1 amide bonds. The van der Waals surface area contributed by atoms with E-state index in [1.54, 1.807) is 6.92 Å². The number of halogens is 4. The summed E-state index contributed by atoms with van der Waals surface area (Å²) >= 11 is 0. The van der Waals surface area contributed by atoms with Gasteiger partial charge in [-0.15, -0.1) is 0 Å². The van der Waals surface area contributed by atoms with Crippen LogP contribution < -0.4 is 5.73 Å². The van der Waals surface area contributed by atoms with Crippen LogP contribution in [0.25, 0.3) is 0 Å². The number of hydrogen-bond acceptors (Lipinski definition) is 2. The summed E-state index contributed by atoms with van der Waals surface area (Å²) in [4.78, 5) is 13.3. The number of alkyl halides is 3. The number of carbonyl (C=O) groups excluding carboxylic acids is 1. The Hall–Kier alpha value is -1.63. The molecule has 0 aromatic heterocycles. The number of hydrogen-bond donors (Lipinski definition) is 1. The Labute approximate surface area is 114 Å². The summed E-state index contributed by atoms with van der Waals surface area (Å²) in [5.41, 5.74) is 3.71. The van der Waals surface area contributed by atoms with Crippen LogP contribution in [-0.4, -0.2) is 30.4 Å². The van der Waals surface area contributed by atoms with Gasteiger partial charge in [0, 0.05) is 19.6 Å². The molecule has 20 heavy (non-hydrogen) atoms. The highest BCUT2D eigenvalue weighted by Gasteiger charge is 2.32. The molecule has 0 bridgehead atoms. The average Bonchev–Trinajstić information content (AvgIpc) is 2.37. The molecule has 0 atom stereocenters. The fourth-order valence-corrected chi connectivity index (χ4v) is 1.78. The van der Waals surface area contributed by atoms with Crippen molar-refractivity contribution in [3.63, 3.8) is 0 Å². The molecule has 0 aliphatic rings. The molecule has 2 N–H and O–H groups in total. The first-order valence-corrected chi connectivity index (χ1v) is 6.17. The second kappa shape index (κ2) is 6.69. The van der Waals surface area contributed by atoms with E-state index in [0.29, 0.717) is 31.2 Å². The summed E-state index contributed by atoms with van der Waals surface area (Å²) in [7, 11) is 0. The van der Waals surface area contributed by atoms with Crippen LogP contribution in [0.4, 0.5) is 17.6 Å². The number of benzene rings is 1. The molecular formula is C13H16F4N2O. The number of amides is 1. The van der Waals surface area contributed by atoms with Gasteiger partial charge in [0.1, 0.15) is 5.82 Å². The van der Waals surface area contributed by atoms with Gasteiger partial charge in [0.2, 0.25) is 0 Å². The van der Waals surface area contributed by atoms with Crippen molar-refractivity contribution in [2.45, 2.75) is 19.5 Å². The van der Waals surface area contributed by atoms with Crippen LogP contribution in [0.5, 0.6) is 0 Å². The van der Waals surface area contributed by atoms with Crippen molar-refractivity contribution < 1.29 is 22.4 Å². The van der Waals surface area contributed by atoms with Gasteiger partial charge in [-0.3, -0.25) is 4.79 Å². The lowest BCUT2D eigenvalue weighted by atomic mass is 10.1. The Bertz CT molecular complexity index is 468. The van der Waals surface area contributed by atoms with Crippen molar-refractivity contribution in [1.82, 2.24) is 4.90 Å². The lowest BCUT2D eigenvalue weighted by molar-refractivity contribution is -0.137. The van der Waals surface area contributed by atoms with Crippen LogP contribution in [0.2, 0.25) is 0 Å². The van der Waals surface area contributed by atoms with E-state index in [1.165, 1.54) is 4.90 Å². The van der Waals surface area contributed by atoms with Crippen molar-refractivity contribution in [2.24, 2.45) is 5.73 Å². The summed E-state index contributed by atoms with van der Waals surface area (Å²) in [5.74, 6) is -1.75. The molecule has 0 aliphatic heterocycles. The second-order valence-corrected chi connectivity index (χ2v) is 4.27. The van der Waals surface area contributed by atoms with E-state index < -0.39 is 29.0 Å². The van der Waals surface area contributed by atoms with Crippen LogP contribution in [0.15, 0.2) is 18.2 Å². The lowest BCUT2D eigenvalue weighted by Gasteiger charge is -2.22. The van der Waals surface area contributed by atoms with E-state index in [2.05, 4.69) is 0 Å². The van der Waals surface area contributed by atoms with Crippen molar-refractivity contribution >= 4 is 5.91 Å². The van der Waals surface area contributed by atoms with Crippen LogP contribution in [0.1, 0.15) is 29.3 Å². The van der Waals surface area contributed by atoms with Gasteiger partial charge in [-0.2, -0.15) is 13.2 Å². The number of rotatable bonds is 5. The van der Waals surface area contributed by atoms with Gasteiger partial charge >= 0.3 is 6.18 Å². The molecule has 1 rings (SSSR count). The van der Waals surface area contributed by atoms with Gasteiger partial charge in [0.05, 0.1) is 11.1 Å². The smallest absolute Gasteiger partial charge is 0.337 e. The summed E-state index contributed by atoms with van der Waals surface area (Å²) in [6.07, 6.45) is -4.02. The SMILES string of the molecule is CCCN(CCN)C(=O)c1cc(C(F)(F)F)ccc1F. The zero-order chi connectivity index (χ0) is 15.3. The normalized spacial score (nSPS) is 11.5. The molecule has 0 spiro atoms. The van der Waals surface area contributed by atoms with Crippen LogP contribution in [0.3, 0.4) is 0 Å². The maximum Gasteiger partial charge on any atom is 0.416 e. The summed E-state index contributed by atoms with van der Waals surface area (Å²) in [5, 5.41) is 0. The predicted molar refractivity (Wildman–Crippen MR) is 66.7 cm³/mol. The summed E-state index contributed by atoms with van der Waals surface area (Å²) < 4.78 is 51.4. The molecule has 0 heterocycles. The van der Waals surface area contributed by atoms with E-state index in [0.717, 1.165) is 0 Å². The maximum atomic E-state index is 13.6. The second-order valence-electron chi connectivity index (χ2n) is 4.27. The highest BCUT2D eigenvalue weighted by molar-refractivity contribution is 5.94. The highest BCUT2D eigenvalue weighted by atomic mass is 19.4. The first-order chi connectivity index (χ1) is 9.31. The molecule has 1 aromatic rings. The van der Waals surface area contributed by atoms with Gasteiger partial charge in [0.15, 0.2) is 0 Å². The first-order valence-electron chi connectivity index (χ1n) is 6.17. The molecule has 0 radical (unpaired) electrons. The Morgan fingerprint density at radius 1 is 1.30 bits per heavy atom. The lowest BCUT2D eigenvalue weighted by Crippen LogP contribution is -2.36. The molecular weight excluding hydrogens is 276 g/mol. The predicted octanol–water partition coefficient (Wildman–Crippen LogP) is 2.66. The van der Waals surface area contributed by atoms with Crippen LogP contribution in [-0.2, 0) is 6.18 Å². The fourth-order valence-electron chi connectivity index (χ4n) is 1.78. The van der Waals surface area contributed by atoms with Crippen molar-refractivity contribution in [3.8, 4) is 0 Å². The van der Waals surface area contributed by atoms with E-state index >= 15 is 0 Å². The van der Waals surface area contributed by atoms with E-state index in [4.69, 9.17) is 5.73 Å². The minimum Gasteiger partial charge on any atom is -0.337 e. The van der Waals surface area contributed by atoms with Gasteiger partial charge in [0.25, 0.3) is 5.91 Å². The fraction of sp³-hybridized carbons (Fsp3) is 0.462. The summed E-state index contributed by atoms with van der Waals surface area (Å²) in [6, 6.07) is 1.80. The molecule has 3 nitrogen and oxygen atoms in total. The van der Waals surface area contributed by atoms with Crippen molar-refractivity contribution in [2.75, 3.05) is 19.6 Å². The Kier molecular flexibility index (Phi) is 5.50. The Morgan fingerprint density at radius 2 is 1.95 bits per heavy atom. The van der Waals surface area contributed by atoms with E-state index in [1.807, 2.05) is 0 Å². The molecule has 112 valence electrons. The third-order valence-electron chi connectivity index (χ3n) is 2.70. The number of nitrogens with zero attached hydrogens (tertiary/aromatic N) is 1. The third-order valence-corrected chi connectivity index (χ3v) is 2.70. The zero-order valence-corrected chi connectivity index (χ0v) is 11.0. The maximum absolute atomic E-state index is 13.6. The molecule has 1 aromatic carbocycles. The van der Waals surface area contributed by atoms with Gasteiger partial charge in [-0.25, -0.2) is 4.39 Å². The standard InChI is InChI=1S/C13H16F4N2O/c1-2-6-19(7-5-18)12(20)10-8-9(13(15,16)17)3-4-11(10)14/h3-4,8H,2,5-7,18H2,1H3. The van der Waals surface area contributed by atoms with Gasteiger partial charge in [-0.05, 0) is 24.6 Å². The topological polar surface area (TPSA) is 46.3 Å². The van der Waals surface area contributed by atoms with Gasteiger partial charge in [-0.1, -0.05) is 6.92 Å². The molecule has 0 unspecified atom stereocenters. The minimum atomic E-state index is -4.62. The zero-order valence-electron chi connectivity index (χ0n) is 11.0. The van der Waals surface area contributed by atoms with Crippen LogP contribution in [0, 0.1) is 5.82 Å². The average molecular weight is 292 g/mol. The van der Waals surface area contributed by atoms with Crippen LogP contribution >= 0.6 is 0 Å². The molecule has 7 heteroatoms. The minimum absolute atomic E-state index is 0.159. The van der Waals surface area contributed by atoms with Crippen molar-refractivity contribution in [1.29, 1.82) is 0 Å². The Balaban J connectivity index is 3.13. The van der Waals surface area contributed by atoms with E-state index in [-0.39, 0.29) is 13.1 Å². The molecule has 0 fully saturated rings. The Morgan fingerprint density at radius 3 is 2.45 bits per heavy atom. The largest absolute Gasteiger partial charge is 0.416 e. The third kappa shape index (κ3) is 3.93. The number of nitrogens with two attached hydrogens (primary N) is 1. The van der Waals surface area contributed by atoms with Gasteiger partial charge < -0.3 is 10.6 Å². The monoisotopic (exact) mass is 292 g/mol. The molecule has 0 saturated carbocycles. The summed E-state index contributed by atoms with van der Waals surface area (Å²) in [6.45, 7) is 2.44. The molecule has 0 saturated heterocycles. The molecule has 0 aliphatic carbocycles. The first kappa shape index (κ1) is 16.4. The number of carbonyl (C=O) groups is 1. The van der Waals surface area contributed by atoms with E-state index in [9.17, 15) is 22.4 Å². The quantitative estimate of drug-likeness (QED) is 0.848. The van der Waals surface area contributed by atoms with Crippen molar-refractivity contribution in [3.05, 3.63) is 35.1 Å².